The maximum absolute atomic E-state index is 13.5. The van der Waals surface area contributed by atoms with Crippen molar-refractivity contribution in [2.75, 3.05) is 0 Å². The van der Waals surface area contributed by atoms with Gasteiger partial charge >= 0.3 is 0 Å². The Morgan fingerprint density at radius 1 is 1.15 bits per heavy atom. The minimum Gasteiger partial charge on any atom is -0.293 e. The van der Waals surface area contributed by atoms with Crippen molar-refractivity contribution in [1.29, 1.82) is 21.2 Å². The zero-order valence-electron chi connectivity index (χ0n) is 14.7. The number of rotatable bonds is 5. The Morgan fingerprint density at radius 3 is 2.15 bits per heavy atom. The number of halogens is 1. The van der Waals surface area contributed by atoms with Crippen molar-refractivity contribution in [3.8, 4) is 18.2 Å². The van der Waals surface area contributed by atoms with Crippen LogP contribution >= 0.6 is 34.3 Å². The normalized spacial score (nSPS) is 11.6. The average Bonchev–Trinajstić information content (AvgIpc) is 3.14. The van der Waals surface area contributed by atoms with E-state index in [0.717, 1.165) is 9.75 Å². The molecule has 0 aliphatic carbocycles. The van der Waals surface area contributed by atoms with E-state index in [1.807, 2.05) is 24.9 Å². The third-order valence-electron chi connectivity index (χ3n) is 4.22. The largest absolute Gasteiger partial charge is 0.293 e. The maximum atomic E-state index is 13.5. The van der Waals surface area contributed by atoms with E-state index in [0.29, 0.717) is 20.3 Å². The number of thiophene rings is 2. The molecule has 0 bridgehead atoms. The van der Waals surface area contributed by atoms with Crippen LogP contribution in [0.25, 0.3) is 0 Å². The molecule has 0 radical (unpaired) electrons. The van der Waals surface area contributed by atoms with E-state index in [2.05, 4.69) is 0 Å². The zero-order valence-corrected chi connectivity index (χ0v) is 17.1. The van der Waals surface area contributed by atoms with Gasteiger partial charge in [-0.05, 0) is 44.3 Å². The van der Waals surface area contributed by atoms with Gasteiger partial charge in [-0.3, -0.25) is 10.2 Å². The van der Waals surface area contributed by atoms with Crippen LogP contribution in [0.4, 0.5) is 0 Å². The molecule has 1 N–H and O–H groups in total. The molecule has 134 valence electrons. The summed E-state index contributed by atoms with van der Waals surface area (Å²) in [5.41, 5.74) is -1.86. The number of allylic oxidation sites excluding steroid dienone is 1. The molecule has 0 aliphatic heterocycles. The first-order valence-electron chi connectivity index (χ1n) is 7.65. The number of hydrogen-bond acceptors (Lipinski definition) is 7. The third kappa shape index (κ3) is 3.45. The fourth-order valence-electron chi connectivity index (χ4n) is 2.98. The molecule has 1 atom stereocenters. The number of hydrogen-bond donors (Lipinski definition) is 1. The Hall–Kier alpha value is -2.72. The molecule has 5 nitrogen and oxygen atoms in total. The monoisotopic (exact) mass is 412 g/mol. The van der Waals surface area contributed by atoms with Gasteiger partial charge in [-0.2, -0.15) is 15.8 Å². The molecule has 0 saturated heterocycles. The highest BCUT2D eigenvalue weighted by molar-refractivity contribution is 7.16. The second-order valence-corrected chi connectivity index (χ2v) is 9.18. The molecule has 0 spiro atoms. The van der Waals surface area contributed by atoms with E-state index in [-0.39, 0.29) is 0 Å². The first-order chi connectivity index (χ1) is 12.7. The summed E-state index contributed by atoms with van der Waals surface area (Å²) in [6.45, 7) is 5.37. The molecule has 0 fully saturated rings. The van der Waals surface area contributed by atoms with E-state index >= 15 is 0 Å². The van der Waals surface area contributed by atoms with Crippen LogP contribution in [0.15, 0.2) is 17.7 Å². The lowest BCUT2D eigenvalue weighted by Crippen LogP contribution is -2.34. The van der Waals surface area contributed by atoms with Crippen LogP contribution in [-0.4, -0.2) is 11.7 Å². The molecular formula is C19H13ClN4OS2. The lowest BCUT2D eigenvalue weighted by molar-refractivity contribution is 0.0933. The van der Waals surface area contributed by atoms with E-state index in [9.17, 15) is 20.6 Å². The molecule has 0 aliphatic rings. The summed E-state index contributed by atoms with van der Waals surface area (Å²) >= 11 is 8.69. The molecule has 2 rings (SSSR count). The molecule has 8 heteroatoms. The summed E-state index contributed by atoms with van der Waals surface area (Å²) in [5.74, 6) is 0.133. The number of carbonyl (C=O) groups excluding carboxylic acids is 1. The molecule has 0 saturated carbocycles. The summed E-state index contributed by atoms with van der Waals surface area (Å²) in [6.07, 6.45) is 0. The van der Waals surface area contributed by atoms with Crippen molar-refractivity contribution >= 4 is 45.9 Å². The van der Waals surface area contributed by atoms with Crippen LogP contribution in [0.5, 0.6) is 0 Å². The fraction of sp³-hybridized carbons (Fsp3) is 0.263. The average molecular weight is 413 g/mol. The van der Waals surface area contributed by atoms with Crippen molar-refractivity contribution in [3.63, 3.8) is 0 Å². The highest BCUT2D eigenvalue weighted by Crippen LogP contribution is 2.46. The summed E-state index contributed by atoms with van der Waals surface area (Å²) in [6, 6.07) is 8.61. The SMILES string of the molecule is Cc1cc(C(C(=O)c2cc(Cl)sc2C)C(C#N)(C#N)C(=C=N)C#N)c(C)s1. The predicted molar refractivity (Wildman–Crippen MR) is 105 cm³/mol. The number of nitriles is 3. The minimum atomic E-state index is -2.16. The van der Waals surface area contributed by atoms with Crippen LogP contribution in [0.3, 0.4) is 0 Å². The molecule has 1 unspecified atom stereocenters. The van der Waals surface area contributed by atoms with Gasteiger partial charge in [0.15, 0.2) is 5.78 Å². The maximum Gasteiger partial charge on any atom is 0.201 e. The number of nitrogens with zero attached hydrogens (tertiary/aromatic N) is 3. The van der Waals surface area contributed by atoms with Crippen LogP contribution in [-0.2, 0) is 0 Å². The van der Waals surface area contributed by atoms with Gasteiger partial charge in [-0.1, -0.05) is 11.6 Å². The summed E-state index contributed by atoms with van der Waals surface area (Å²) in [7, 11) is 0. The van der Waals surface area contributed by atoms with Gasteiger partial charge in [-0.25, -0.2) is 0 Å². The molecular weight excluding hydrogens is 400 g/mol. The number of nitrogens with one attached hydrogen (secondary N) is 1. The number of aryl methyl sites for hydroxylation is 3. The Bertz CT molecular complexity index is 1090. The fourth-order valence-corrected chi connectivity index (χ4v) is 5.14. The molecule has 0 aromatic carbocycles. The number of ketones is 1. The third-order valence-corrected chi connectivity index (χ3v) is 6.38. The van der Waals surface area contributed by atoms with Crippen LogP contribution in [0.2, 0.25) is 4.34 Å². The quantitative estimate of drug-likeness (QED) is 0.418. The second-order valence-electron chi connectivity index (χ2n) is 5.83. The van der Waals surface area contributed by atoms with E-state index < -0.39 is 22.7 Å². The zero-order chi connectivity index (χ0) is 20.4. The molecule has 27 heavy (non-hydrogen) atoms. The Morgan fingerprint density at radius 2 is 1.78 bits per heavy atom. The van der Waals surface area contributed by atoms with Crippen LogP contribution < -0.4 is 0 Å². The summed E-state index contributed by atoms with van der Waals surface area (Å²) < 4.78 is 0.412. The predicted octanol–water partition coefficient (Wildman–Crippen LogP) is 5.09. The molecule has 0 amide bonds. The van der Waals surface area contributed by atoms with Crippen molar-refractivity contribution in [3.05, 3.63) is 47.8 Å². The second kappa shape index (κ2) is 7.89. The Labute approximate surface area is 169 Å². The lowest BCUT2D eigenvalue weighted by atomic mass is 9.67. The molecule has 2 heterocycles. The number of Topliss-reactive ketones (excluding diaryl/α,β-unsaturated/α-hetero) is 1. The summed E-state index contributed by atoms with van der Waals surface area (Å²) in [4.78, 5) is 15.8. The number of carbonyl (C=O) groups is 1. The van der Waals surface area contributed by atoms with Gasteiger partial charge in [0, 0.05) is 20.2 Å². The molecule has 2 aromatic heterocycles. The van der Waals surface area contributed by atoms with E-state index in [4.69, 9.17) is 17.0 Å². The highest BCUT2D eigenvalue weighted by atomic mass is 35.5. The first kappa shape index (κ1) is 20.6. The van der Waals surface area contributed by atoms with E-state index in [1.165, 1.54) is 28.7 Å². The minimum absolute atomic E-state index is 0.301. The van der Waals surface area contributed by atoms with Crippen molar-refractivity contribution < 1.29 is 4.79 Å². The van der Waals surface area contributed by atoms with Gasteiger partial charge in [-0.15, -0.1) is 22.7 Å². The van der Waals surface area contributed by atoms with Gasteiger partial charge in [0.2, 0.25) is 5.41 Å². The Balaban J connectivity index is 2.88. The van der Waals surface area contributed by atoms with Gasteiger partial charge in [0.05, 0.1) is 22.4 Å². The van der Waals surface area contributed by atoms with Gasteiger partial charge in [0.25, 0.3) is 0 Å². The standard InChI is InChI=1S/C19H13ClN4OS2/c1-10-4-14(11(2)26-10)17(18(25)15-5-16(20)27-12(15)3)19(8-23,9-24)13(6-21)7-22/h4-5,17,21H,1-3H3. The van der Waals surface area contributed by atoms with Crippen molar-refractivity contribution in [2.45, 2.75) is 26.7 Å². The van der Waals surface area contributed by atoms with Crippen molar-refractivity contribution in [1.82, 2.24) is 0 Å². The van der Waals surface area contributed by atoms with Crippen LogP contribution in [0.1, 0.15) is 36.5 Å². The smallest absolute Gasteiger partial charge is 0.201 e. The van der Waals surface area contributed by atoms with Gasteiger partial charge < -0.3 is 0 Å². The molecule has 2 aromatic rings. The first-order valence-corrected chi connectivity index (χ1v) is 9.66. The van der Waals surface area contributed by atoms with Crippen LogP contribution in [0, 0.1) is 65.6 Å². The van der Waals surface area contributed by atoms with E-state index in [1.54, 1.807) is 26.0 Å². The van der Waals surface area contributed by atoms with Gasteiger partial charge in [0.1, 0.15) is 11.6 Å². The Kier molecular flexibility index (Phi) is 6.01. The van der Waals surface area contributed by atoms with Crippen molar-refractivity contribution in [2.24, 2.45) is 5.41 Å². The topological polar surface area (TPSA) is 112 Å². The lowest BCUT2D eigenvalue weighted by Gasteiger charge is -2.27. The highest BCUT2D eigenvalue weighted by Gasteiger charge is 2.50. The summed E-state index contributed by atoms with van der Waals surface area (Å²) in [5, 5.41) is 36.5.